The van der Waals surface area contributed by atoms with Crippen molar-refractivity contribution in [3.63, 3.8) is 0 Å². The van der Waals surface area contributed by atoms with Crippen LogP contribution in [0.2, 0.25) is 0 Å². The topological polar surface area (TPSA) is 102 Å². The van der Waals surface area contributed by atoms with Gasteiger partial charge in [-0.15, -0.1) is 0 Å². The molecule has 10 heteroatoms. The highest BCUT2D eigenvalue weighted by molar-refractivity contribution is 5.83. The Morgan fingerprint density at radius 1 is 0.614 bits per heavy atom. The van der Waals surface area contributed by atoms with E-state index >= 15 is 0 Å². The average Bonchev–Trinajstić information content (AvgIpc) is 3.72. The van der Waals surface area contributed by atoms with Crippen molar-refractivity contribution in [3.8, 4) is 23.0 Å². The summed E-state index contributed by atoms with van der Waals surface area (Å²) >= 11 is 0. The quantitative estimate of drug-likeness (QED) is 0.320. The third kappa shape index (κ3) is 5.50. The normalized spacial score (nSPS) is 17.3. The number of carbonyl (C=O) groups is 2. The molecule has 5 rings (SSSR count). The molecular formula is C34H38N4O6. The van der Waals surface area contributed by atoms with Crippen molar-refractivity contribution in [1.29, 1.82) is 0 Å². The predicted molar refractivity (Wildman–Crippen MR) is 168 cm³/mol. The van der Waals surface area contributed by atoms with Crippen LogP contribution in [-0.2, 0) is 9.59 Å². The van der Waals surface area contributed by atoms with Gasteiger partial charge in [0.25, 0.3) is 0 Å². The van der Waals surface area contributed by atoms with Crippen LogP contribution < -0.4 is 29.8 Å². The molecule has 0 bridgehead atoms. The second-order valence-corrected chi connectivity index (χ2v) is 10.3. The van der Waals surface area contributed by atoms with Gasteiger partial charge in [0, 0.05) is 24.0 Å². The number of nitrogens with one attached hydrogen (secondary N) is 2. The van der Waals surface area contributed by atoms with Crippen molar-refractivity contribution in [2.75, 3.05) is 28.4 Å². The zero-order valence-corrected chi connectivity index (χ0v) is 25.8. The van der Waals surface area contributed by atoms with Crippen molar-refractivity contribution in [3.05, 3.63) is 95.1 Å². The van der Waals surface area contributed by atoms with Crippen LogP contribution in [0.4, 0.5) is 0 Å². The van der Waals surface area contributed by atoms with Crippen LogP contribution in [0, 0.1) is 0 Å². The highest BCUT2D eigenvalue weighted by Crippen LogP contribution is 2.42. The van der Waals surface area contributed by atoms with Gasteiger partial charge >= 0.3 is 0 Å². The lowest BCUT2D eigenvalue weighted by atomic mass is 10.0. The Morgan fingerprint density at radius 3 is 1.32 bits per heavy atom. The molecule has 2 N–H and O–H groups in total. The van der Waals surface area contributed by atoms with Crippen molar-refractivity contribution >= 4 is 23.2 Å². The van der Waals surface area contributed by atoms with E-state index in [-0.39, 0.29) is 11.8 Å². The average molecular weight is 599 g/mol. The van der Waals surface area contributed by atoms with Gasteiger partial charge in [-0.05, 0) is 35.4 Å². The Morgan fingerprint density at radius 2 is 1.00 bits per heavy atom. The van der Waals surface area contributed by atoms with Crippen molar-refractivity contribution in [2.24, 2.45) is 0 Å². The van der Waals surface area contributed by atoms with Crippen LogP contribution in [-0.4, -0.2) is 50.3 Å². The van der Waals surface area contributed by atoms with Crippen LogP contribution in [0.15, 0.2) is 72.8 Å². The molecule has 3 aromatic carbocycles. The first-order valence-electron chi connectivity index (χ1n) is 14.5. The lowest BCUT2D eigenvalue weighted by molar-refractivity contribution is -0.134. The minimum absolute atomic E-state index is 0.0530. The molecule has 44 heavy (non-hydrogen) atoms. The van der Waals surface area contributed by atoms with Crippen molar-refractivity contribution in [1.82, 2.24) is 20.9 Å². The number of hydrazine groups is 2. The number of hydrogen-bond acceptors (Lipinski definition) is 8. The zero-order valence-electron chi connectivity index (χ0n) is 25.8. The van der Waals surface area contributed by atoms with E-state index in [2.05, 4.69) is 10.9 Å². The highest BCUT2D eigenvalue weighted by atomic mass is 16.5. The van der Waals surface area contributed by atoms with Crippen LogP contribution in [0.3, 0.4) is 0 Å². The first kappa shape index (κ1) is 30.3. The summed E-state index contributed by atoms with van der Waals surface area (Å²) in [6.07, 6.45) is 4.70. The van der Waals surface area contributed by atoms with Gasteiger partial charge in [0.05, 0.1) is 39.8 Å². The van der Waals surface area contributed by atoms with Crippen LogP contribution in [0.5, 0.6) is 23.0 Å². The van der Waals surface area contributed by atoms with E-state index in [0.29, 0.717) is 35.8 Å². The van der Waals surface area contributed by atoms with Crippen LogP contribution in [0.1, 0.15) is 61.0 Å². The number of carbonyl (C=O) groups excluding carboxylic acids is 2. The number of benzene rings is 3. The number of rotatable bonds is 10. The number of hydrogen-bond donors (Lipinski definition) is 2. The van der Waals surface area contributed by atoms with E-state index in [1.54, 1.807) is 38.5 Å². The number of nitrogens with zero attached hydrogens (tertiary/aromatic N) is 2. The molecule has 2 atom stereocenters. The summed E-state index contributed by atoms with van der Waals surface area (Å²) in [6, 6.07) is 18.5. The lowest BCUT2D eigenvalue weighted by Crippen LogP contribution is -2.39. The van der Waals surface area contributed by atoms with E-state index in [1.165, 1.54) is 0 Å². The number of para-hydroxylation sites is 2. The Bertz CT molecular complexity index is 1480. The SMILES string of the molecule is CCC(=O)N1NC(c2ccc(C3=CC(c4cccc(OC)c4OC)N(C(=O)CC)N3)cc2)=CC1c1cccc(OC)c1OC. The third-order valence-electron chi connectivity index (χ3n) is 7.84. The Balaban J connectivity index is 1.47. The molecule has 230 valence electrons. The Kier molecular flexibility index (Phi) is 8.99. The molecule has 0 aliphatic carbocycles. The number of amides is 2. The molecule has 0 aromatic heterocycles. The third-order valence-corrected chi connectivity index (χ3v) is 7.84. The summed E-state index contributed by atoms with van der Waals surface area (Å²) in [4.78, 5) is 26.0. The van der Waals surface area contributed by atoms with Gasteiger partial charge in [0.2, 0.25) is 11.8 Å². The monoisotopic (exact) mass is 598 g/mol. The summed E-state index contributed by atoms with van der Waals surface area (Å²) in [5.41, 5.74) is 11.6. The lowest BCUT2D eigenvalue weighted by Gasteiger charge is -2.27. The van der Waals surface area contributed by atoms with E-state index in [1.807, 2.05) is 86.7 Å². The maximum absolute atomic E-state index is 13.0. The minimum Gasteiger partial charge on any atom is -0.493 e. The van der Waals surface area contributed by atoms with Gasteiger partial charge in [0.1, 0.15) is 12.1 Å². The first-order chi connectivity index (χ1) is 21.4. The molecule has 0 spiro atoms. The first-order valence-corrected chi connectivity index (χ1v) is 14.5. The fraction of sp³-hybridized carbons (Fsp3) is 0.294. The molecule has 2 amide bonds. The summed E-state index contributed by atoms with van der Waals surface area (Å²) in [6.45, 7) is 3.67. The Labute approximate surface area is 257 Å². The fourth-order valence-corrected chi connectivity index (χ4v) is 5.61. The van der Waals surface area contributed by atoms with Gasteiger partial charge in [0.15, 0.2) is 23.0 Å². The Hall–Kier alpha value is -5.12. The van der Waals surface area contributed by atoms with Gasteiger partial charge < -0.3 is 18.9 Å². The molecular weight excluding hydrogens is 560 g/mol. The maximum atomic E-state index is 13.0. The molecule has 3 aromatic rings. The van der Waals surface area contributed by atoms with E-state index < -0.39 is 12.1 Å². The van der Waals surface area contributed by atoms with Crippen molar-refractivity contribution in [2.45, 2.75) is 38.8 Å². The summed E-state index contributed by atoms with van der Waals surface area (Å²) in [5.74, 6) is 2.24. The molecule has 0 saturated heterocycles. The molecule has 0 saturated carbocycles. The van der Waals surface area contributed by atoms with Gasteiger partial charge in [-0.25, -0.2) is 10.0 Å². The number of methoxy groups -OCH3 is 4. The zero-order chi connectivity index (χ0) is 31.4. The van der Waals surface area contributed by atoms with E-state index in [4.69, 9.17) is 18.9 Å². The highest BCUT2D eigenvalue weighted by Gasteiger charge is 2.34. The molecule has 0 fully saturated rings. The minimum atomic E-state index is -0.395. The molecule has 2 heterocycles. The summed E-state index contributed by atoms with van der Waals surface area (Å²) < 4.78 is 22.4. The predicted octanol–water partition coefficient (Wildman–Crippen LogP) is 5.40. The van der Waals surface area contributed by atoms with Gasteiger partial charge in [-0.1, -0.05) is 62.4 Å². The van der Waals surface area contributed by atoms with Gasteiger partial charge in [-0.2, -0.15) is 0 Å². The van der Waals surface area contributed by atoms with Crippen LogP contribution in [0.25, 0.3) is 11.4 Å². The second-order valence-electron chi connectivity index (χ2n) is 10.3. The summed E-state index contributed by atoms with van der Waals surface area (Å²) in [5, 5.41) is 3.25. The van der Waals surface area contributed by atoms with E-state index in [9.17, 15) is 9.59 Å². The van der Waals surface area contributed by atoms with Crippen LogP contribution >= 0.6 is 0 Å². The standard InChI is InChI=1S/C34H38N4O6/c1-7-31(39)37-27(23-11-9-13-29(41-3)33(23)43-5)19-25(35-37)21-15-17-22(18-16-21)26-20-28(38(36-26)32(40)8-2)24-12-10-14-30(42-4)34(24)44-6/h9-20,27-28,35-36H,7-8H2,1-6H3. The molecule has 2 aliphatic rings. The molecule has 10 nitrogen and oxygen atoms in total. The largest absolute Gasteiger partial charge is 0.493 e. The van der Waals surface area contributed by atoms with E-state index in [0.717, 1.165) is 33.6 Å². The van der Waals surface area contributed by atoms with Gasteiger partial charge in [-0.3, -0.25) is 20.4 Å². The summed E-state index contributed by atoms with van der Waals surface area (Å²) in [7, 11) is 6.37. The smallest absolute Gasteiger partial charge is 0.241 e. The molecule has 2 aliphatic heterocycles. The molecule has 0 radical (unpaired) electrons. The maximum Gasteiger partial charge on any atom is 0.241 e. The number of ether oxygens (including phenoxy) is 4. The molecule has 2 unspecified atom stereocenters. The second kappa shape index (κ2) is 13.0. The van der Waals surface area contributed by atoms with Crippen molar-refractivity contribution < 1.29 is 28.5 Å². The fourth-order valence-electron chi connectivity index (χ4n) is 5.61.